The zero-order valence-corrected chi connectivity index (χ0v) is 21.7. The number of imidazole rings is 2. The van der Waals surface area contributed by atoms with Crippen LogP contribution in [0.25, 0.3) is 22.3 Å². The summed E-state index contributed by atoms with van der Waals surface area (Å²) in [7, 11) is -4.80. The predicted molar refractivity (Wildman–Crippen MR) is 133 cm³/mol. The van der Waals surface area contributed by atoms with Crippen LogP contribution in [-0.4, -0.2) is 114 Å². The van der Waals surface area contributed by atoms with Crippen molar-refractivity contribution in [1.82, 2.24) is 39.0 Å². The van der Waals surface area contributed by atoms with Gasteiger partial charge in [0.05, 0.1) is 25.9 Å². The molecule has 8 atom stereocenters. The number of phosphoric ester groups is 1. The minimum Gasteiger partial charge on any atom is -0.387 e. The molecule has 2 fully saturated rings. The van der Waals surface area contributed by atoms with Gasteiger partial charge in [0, 0.05) is 0 Å². The van der Waals surface area contributed by atoms with Crippen molar-refractivity contribution >= 4 is 41.8 Å². The Kier molecular flexibility index (Phi) is 7.06. The fourth-order valence-electron chi connectivity index (χ4n) is 4.68. The van der Waals surface area contributed by atoms with Crippen LogP contribution in [0.4, 0.5) is 11.6 Å². The highest BCUT2D eigenvalue weighted by atomic mass is 31.2. The molecule has 220 valence electrons. The molecular weight excluding hydrogens is 571 g/mol. The van der Waals surface area contributed by atoms with Crippen molar-refractivity contribution in [2.75, 3.05) is 24.7 Å². The Morgan fingerprint density at radius 2 is 1.15 bits per heavy atom. The number of nitrogens with zero attached hydrogens (tertiary/aromatic N) is 8. The Balaban J connectivity index is 1.07. The molecule has 0 spiro atoms. The van der Waals surface area contributed by atoms with E-state index in [4.69, 9.17) is 30.0 Å². The molecule has 4 aromatic heterocycles. The highest BCUT2D eigenvalue weighted by Gasteiger charge is 2.47. The molecule has 6 rings (SSSR count). The van der Waals surface area contributed by atoms with Crippen molar-refractivity contribution in [3.8, 4) is 0 Å². The molecule has 41 heavy (non-hydrogen) atoms. The lowest BCUT2D eigenvalue weighted by atomic mass is 10.1. The number of rotatable bonds is 8. The lowest BCUT2D eigenvalue weighted by Gasteiger charge is -2.20. The van der Waals surface area contributed by atoms with Crippen molar-refractivity contribution < 1.29 is 48.4 Å². The number of aromatic nitrogens is 8. The van der Waals surface area contributed by atoms with Crippen LogP contribution in [0.3, 0.4) is 0 Å². The Morgan fingerprint density at radius 3 is 1.56 bits per heavy atom. The van der Waals surface area contributed by atoms with E-state index in [1.807, 2.05) is 0 Å². The van der Waals surface area contributed by atoms with Crippen molar-refractivity contribution in [1.29, 1.82) is 0 Å². The van der Waals surface area contributed by atoms with Crippen LogP contribution in [0.15, 0.2) is 25.3 Å². The minimum atomic E-state index is -4.80. The largest absolute Gasteiger partial charge is 0.472 e. The highest BCUT2D eigenvalue weighted by molar-refractivity contribution is 7.47. The summed E-state index contributed by atoms with van der Waals surface area (Å²) >= 11 is 0. The maximum absolute atomic E-state index is 12.6. The molecular formula is C20H25N10O10P. The Bertz CT molecular complexity index is 1510. The number of ether oxygens (including phenoxy) is 2. The zero-order chi connectivity index (χ0) is 29.1. The van der Waals surface area contributed by atoms with E-state index in [0.717, 1.165) is 0 Å². The second kappa shape index (κ2) is 10.4. The molecule has 0 saturated carbocycles. The number of aliphatic hydroxyl groups is 4. The van der Waals surface area contributed by atoms with Gasteiger partial charge in [-0.2, -0.15) is 0 Å². The second-order valence-corrected chi connectivity index (χ2v) is 10.8. The molecule has 0 aromatic carbocycles. The third-order valence-electron chi connectivity index (χ3n) is 6.80. The topological polar surface area (TPSA) is 294 Å². The summed E-state index contributed by atoms with van der Waals surface area (Å²) in [6.07, 6.45) is -5.85. The van der Waals surface area contributed by atoms with Crippen LogP contribution in [0.1, 0.15) is 12.5 Å². The molecule has 6 heterocycles. The van der Waals surface area contributed by atoms with Crippen LogP contribution in [0.5, 0.6) is 0 Å². The number of hydrogen-bond acceptors (Lipinski definition) is 17. The van der Waals surface area contributed by atoms with Gasteiger partial charge in [0.2, 0.25) is 0 Å². The molecule has 2 aliphatic rings. The number of nitrogens with two attached hydrogens (primary N) is 2. The average molecular weight is 596 g/mol. The first-order valence-corrected chi connectivity index (χ1v) is 13.6. The molecule has 0 unspecified atom stereocenters. The molecule has 2 saturated heterocycles. The first-order chi connectivity index (χ1) is 19.6. The monoisotopic (exact) mass is 596 g/mol. The van der Waals surface area contributed by atoms with E-state index in [1.54, 1.807) is 0 Å². The third-order valence-corrected chi connectivity index (χ3v) is 7.75. The molecule has 21 heteroatoms. The Hall–Kier alpha value is -3.43. The van der Waals surface area contributed by atoms with E-state index in [9.17, 15) is 29.9 Å². The lowest BCUT2D eigenvalue weighted by molar-refractivity contribution is -0.0608. The number of hydrogen-bond donors (Lipinski definition) is 7. The summed E-state index contributed by atoms with van der Waals surface area (Å²) < 4.78 is 36.5. The van der Waals surface area contributed by atoms with Crippen molar-refractivity contribution in [2.45, 2.75) is 49.1 Å². The van der Waals surface area contributed by atoms with Crippen molar-refractivity contribution in [2.24, 2.45) is 0 Å². The Morgan fingerprint density at radius 1 is 0.732 bits per heavy atom. The van der Waals surface area contributed by atoms with E-state index in [-0.39, 0.29) is 34.0 Å². The van der Waals surface area contributed by atoms with Gasteiger partial charge in [-0.1, -0.05) is 0 Å². The van der Waals surface area contributed by atoms with E-state index in [1.165, 1.54) is 34.4 Å². The fraction of sp³-hybridized carbons (Fsp3) is 0.500. The molecule has 0 radical (unpaired) electrons. The smallest absolute Gasteiger partial charge is 0.387 e. The van der Waals surface area contributed by atoms with Crippen molar-refractivity contribution in [3.05, 3.63) is 25.3 Å². The van der Waals surface area contributed by atoms with E-state index >= 15 is 0 Å². The summed E-state index contributed by atoms with van der Waals surface area (Å²) in [5, 5.41) is 42.0. The summed E-state index contributed by atoms with van der Waals surface area (Å²) in [6.45, 7) is -1.32. The lowest BCUT2D eigenvalue weighted by Crippen LogP contribution is -2.34. The zero-order valence-electron chi connectivity index (χ0n) is 20.8. The van der Waals surface area contributed by atoms with Gasteiger partial charge in [-0.25, -0.2) is 34.5 Å². The molecule has 9 N–H and O–H groups in total. The highest BCUT2D eigenvalue weighted by Crippen LogP contribution is 2.45. The number of fused-ring (bicyclic) bond motifs is 2. The number of anilines is 2. The van der Waals surface area contributed by atoms with Crippen LogP contribution >= 0.6 is 7.82 Å². The number of aliphatic hydroxyl groups excluding tert-OH is 4. The summed E-state index contributed by atoms with van der Waals surface area (Å²) in [5.41, 5.74) is 12.5. The normalized spacial score (nSPS) is 31.7. The maximum atomic E-state index is 12.6. The number of nitrogen functional groups attached to an aromatic ring is 2. The average Bonchev–Trinajstić information content (AvgIpc) is 3.70. The molecule has 0 aliphatic carbocycles. The van der Waals surface area contributed by atoms with Crippen LogP contribution in [0.2, 0.25) is 0 Å². The Labute approximate surface area is 228 Å². The van der Waals surface area contributed by atoms with Gasteiger partial charge in [-0.3, -0.25) is 18.2 Å². The third kappa shape index (κ3) is 4.89. The first kappa shape index (κ1) is 27.7. The second-order valence-electron chi connectivity index (χ2n) is 9.32. The fourth-order valence-corrected chi connectivity index (χ4v) is 5.42. The molecule has 20 nitrogen and oxygen atoms in total. The molecule has 4 aromatic rings. The quantitative estimate of drug-likeness (QED) is 0.101. The molecule has 2 aliphatic heterocycles. The maximum Gasteiger partial charge on any atom is 0.472 e. The van der Waals surface area contributed by atoms with E-state index in [2.05, 4.69) is 29.9 Å². The molecule has 0 bridgehead atoms. The van der Waals surface area contributed by atoms with Crippen LogP contribution < -0.4 is 11.5 Å². The van der Waals surface area contributed by atoms with Gasteiger partial charge in [0.15, 0.2) is 35.4 Å². The van der Waals surface area contributed by atoms with Gasteiger partial charge in [0.1, 0.15) is 60.3 Å². The van der Waals surface area contributed by atoms with Gasteiger partial charge in [-0.15, -0.1) is 0 Å². The van der Waals surface area contributed by atoms with E-state index < -0.39 is 70.1 Å². The van der Waals surface area contributed by atoms with Crippen LogP contribution in [-0.2, 0) is 23.1 Å². The first-order valence-electron chi connectivity index (χ1n) is 12.1. The standard InChI is InChI=1S/C20H25N10O10P/c21-15-9-17(25-3-23-15)29(5-27-9)19-13(33)11(31)7(39-19)1-37-41(35,36)38-2-8-12(32)14(34)20(40-8)30-6-28-10-16(22)24-4-26-18(10)30/h3-8,11-14,19-20,31-34H,1-2H2,(H,35,36)(H2,21,23,25)(H2,22,24,26)/t7-,8-,11-,12-,13-,14-,19-,20-/m1/s1. The van der Waals surface area contributed by atoms with Crippen molar-refractivity contribution in [3.63, 3.8) is 0 Å². The summed E-state index contributed by atoms with van der Waals surface area (Å²) in [6, 6.07) is 0. The summed E-state index contributed by atoms with van der Waals surface area (Å²) in [4.78, 5) is 34.2. The van der Waals surface area contributed by atoms with Gasteiger partial charge < -0.3 is 46.3 Å². The SMILES string of the molecule is Nc1ncnc2c1ncn2[C@@H]1O[C@H](COP(=O)(O)OC[C@H]2O[C@@H](n3cnc4c(N)ncnc43)[C@H](O)[C@@H]2O)[C@@H](O)[C@H]1O. The number of phosphoric acid groups is 1. The van der Waals surface area contributed by atoms with Gasteiger partial charge >= 0.3 is 7.82 Å². The van der Waals surface area contributed by atoms with Gasteiger partial charge in [0.25, 0.3) is 0 Å². The minimum absolute atomic E-state index is 0.104. The molecule has 0 amide bonds. The predicted octanol–water partition coefficient (Wildman–Crippen LogP) is -2.80. The summed E-state index contributed by atoms with van der Waals surface area (Å²) in [5.74, 6) is 0.208. The van der Waals surface area contributed by atoms with Gasteiger partial charge in [-0.05, 0) is 0 Å². The van der Waals surface area contributed by atoms with Crippen LogP contribution in [0, 0.1) is 0 Å². The van der Waals surface area contributed by atoms with E-state index in [0.29, 0.717) is 0 Å².